The number of piperidine rings is 1. The molecular weight excluding hydrogens is 280 g/mol. The van der Waals surface area contributed by atoms with Crippen molar-refractivity contribution in [3.63, 3.8) is 0 Å². The topological polar surface area (TPSA) is 16.1 Å². The highest BCUT2D eigenvalue weighted by Crippen LogP contribution is 2.30. The van der Waals surface area contributed by atoms with Crippen molar-refractivity contribution in [2.75, 3.05) is 11.4 Å². The fourth-order valence-electron chi connectivity index (χ4n) is 3.43. The Morgan fingerprint density at radius 2 is 2.14 bits per heavy atom. The molecular formula is C18H23ClN2. The van der Waals surface area contributed by atoms with Crippen LogP contribution in [0.25, 0.3) is 10.9 Å². The van der Waals surface area contributed by atoms with E-state index in [1.165, 1.54) is 43.1 Å². The quantitative estimate of drug-likeness (QED) is 0.728. The van der Waals surface area contributed by atoms with Crippen LogP contribution >= 0.6 is 11.6 Å². The van der Waals surface area contributed by atoms with Crippen molar-refractivity contribution >= 4 is 28.3 Å². The van der Waals surface area contributed by atoms with E-state index in [9.17, 15) is 0 Å². The number of para-hydroxylation sites is 1. The number of rotatable bonds is 4. The summed E-state index contributed by atoms with van der Waals surface area (Å²) in [6.45, 7) is 3.39. The van der Waals surface area contributed by atoms with Crippen LogP contribution in [0, 0.1) is 0 Å². The summed E-state index contributed by atoms with van der Waals surface area (Å²) in [4.78, 5) is 7.42. The van der Waals surface area contributed by atoms with Crippen LogP contribution in [0.1, 0.15) is 44.6 Å². The van der Waals surface area contributed by atoms with Gasteiger partial charge in [0, 0.05) is 23.9 Å². The van der Waals surface area contributed by atoms with Gasteiger partial charge in [0.1, 0.15) is 5.82 Å². The Bertz CT molecular complexity index is 609. The predicted molar refractivity (Wildman–Crippen MR) is 91.2 cm³/mol. The zero-order valence-corrected chi connectivity index (χ0v) is 13.4. The van der Waals surface area contributed by atoms with Crippen LogP contribution in [0.3, 0.4) is 0 Å². The highest BCUT2D eigenvalue weighted by molar-refractivity contribution is 6.18. The van der Waals surface area contributed by atoms with Crippen LogP contribution in [0.15, 0.2) is 30.3 Å². The van der Waals surface area contributed by atoms with Crippen LogP contribution in [-0.4, -0.2) is 17.6 Å². The van der Waals surface area contributed by atoms with E-state index in [0.29, 0.717) is 11.9 Å². The van der Waals surface area contributed by atoms with Crippen LogP contribution in [0.2, 0.25) is 0 Å². The molecule has 0 spiro atoms. The Labute approximate surface area is 132 Å². The van der Waals surface area contributed by atoms with Gasteiger partial charge in [0.05, 0.1) is 5.52 Å². The smallest absolute Gasteiger partial charge is 0.129 e. The number of aromatic nitrogens is 1. The zero-order chi connectivity index (χ0) is 14.7. The fraction of sp³-hybridized carbons (Fsp3) is 0.500. The van der Waals surface area contributed by atoms with Gasteiger partial charge >= 0.3 is 0 Å². The second kappa shape index (κ2) is 6.65. The second-order valence-electron chi connectivity index (χ2n) is 5.92. The zero-order valence-electron chi connectivity index (χ0n) is 12.7. The molecule has 0 saturated carbocycles. The minimum absolute atomic E-state index is 0.544. The first-order valence-electron chi connectivity index (χ1n) is 8.04. The van der Waals surface area contributed by atoms with Gasteiger partial charge in [-0.2, -0.15) is 0 Å². The lowest BCUT2D eigenvalue weighted by atomic mass is 9.98. The Morgan fingerprint density at radius 1 is 1.29 bits per heavy atom. The van der Waals surface area contributed by atoms with Crippen LogP contribution in [0.4, 0.5) is 5.82 Å². The molecule has 0 amide bonds. The van der Waals surface area contributed by atoms with Crippen molar-refractivity contribution < 1.29 is 0 Å². The van der Waals surface area contributed by atoms with Gasteiger partial charge < -0.3 is 4.90 Å². The van der Waals surface area contributed by atoms with Gasteiger partial charge in [-0.15, -0.1) is 11.6 Å². The SMILES string of the molecule is CCCC1CCCCN1c1cc(CCl)c2ccccc2n1. The van der Waals surface area contributed by atoms with E-state index in [4.69, 9.17) is 16.6 Å². The van der Waals surface area contributed by atoms with E-state index in [0.717, 1.165) is 17.9 Å². The van der Waals surface area contributed by atoms with Gasteiger partial charge in [-0.25, -0.2) is 4.98 Å². The highest BCUT2D eigenvalue weighted by Gasteiger charge is 2.23. The standard InChI is InChI=1S/C18H23ClN2/c1-2-7-15-8-5-6-11-21(15)18-12-14(13-19)16-9-3-4-10-17(16)20-18/h3-4,9-10,12,15H,2,5-8,11,13H2,1H3. The molecule has 21 heavy (non-hydrogen) atoms. The third-order valence-corrected chi connectivity index (χ3v) is 4.76. The molecule has 112 valence electrons. The van der Waals surface area contributed by atoms with E-state index in [1.54, 1.807) is 0 Å². The van der Waals surface area contributed by atoms with Gasteiger partial charge in [0.25, 0.3) is 0 Å². The molecule has 1 aliphatic rings. The average Bonchev–Trinajstić information content (AvgIpc) is 2.54. The molecule has 0 aliphatic carbocycles. The van der Waals surface area contributed by atoms with E-state index < -0.39 is 0 Å². The average molecular weight is 303 g/mol. The fourth-order valence-corrected chi connectivity index (χ4v) is 3.65. The molecule has 1 atom stereocenters. The molecule has 0 bridgehead atoms. The number of fused-ring (bicyclic) bond motifs is 1. The number of benzene rings is 1. The third-order valence-electron chi connectivity index (χ3n) is 4.48. The summed E-state index contributed by atoms with van der Waals surface area (Å²) in [6, 6.07) is 11.2. The van der Waals surface area contributed by atoms with E-state index in [2.05, 4.69) is 42.2 Å². The minimum Gasteiger partial charge on any atom is -0.354 e. The number of nitrogens with zero attached hydrogens (tertiary/aromatic N) is 2. The summed E-state index contributed by atoms with van der Waals surface area (Å²) in [5, 5.41) is 1.18. The van der Waals surface area contributed by atoms with Gasteiger partial charge in [-0.05, 0) is 43.4 Å². The Kier molecular flexibility index (Phi) is 4.64. The normalized spacial score (nSPS) is 19.1. The highest BCUT2D eigenvalue weighted by atomic mass is 35.5. The van der Waals surface area contributed by atoms with E-state index in [-0.39, 0.29) is 0 Å². The van der Waals surface area contributed by atoms with Gasteiger partial charge in [0.15, 0.2) is 0 Å². The number of hydrogen-bond donors (Lipinski definition) is 0. The minimum atomic E-state index is 0.544. The summed E-state index contributed by atoms with van der Waals surface area (Å²) < 4.78 is 0. The maximum absolute atomic E-state index is 6.17. The van der Waals surface area contributed by atoms with Crippen molar-refractivity contribution in [2.45, 2.75) is 50.9 Å². The van der Waals surface area contributed by atoms with Crippen molar-refractivity contribution in [2.24, 2.45) is 0 Å². The van der Waals surface area contributed by atoms with Crippen molar-refractivity contribution in [3.8, 4) is 0 Å². The molecule has 2 heterocycles. The lowest BCUT2D eigenvalue weighted by Crippen LogP contribution is -2.40. The lowest BCUT2D eigenvalue weighted by Gasteiger charge is -2.37. The second-order valence-corrected chi connectivity index (χ2v) is 6.19. The maximum Gasteiger partial charge on any atom is 0.129 e. The predicted octanol–water partition coefficient (Wildman–Crippen LogP) is 5.13. The number of anilines is 1. The molecule has 1 aromatic heterocycles. The molecule has 3 rings (SSSR count). The first-order chi connectivity index (χ1) is 10.3. The van der Waals surface area contributed by atoms with Crippen molar-refractivity contribution in [3.05, 3.63) is 35.9 Å². The number of halogens is 1. The summed E-state index contributed by atoms with van der Waals surface area (Å²) in [5.74, 6) is 1.66. The summed E-state index contributed by atoms with van der Waals surface area (Å²) >= 11 is 6.17. The summed E-state index contributed by atoms with van der Waals surface area (Å²) in [6.07, 6.45) is 6.39. The lowest BCUT2D eigenvalue weighted by molar-refractivity contribution is 0.432. The first-order valence-corrected chi connectivity index (χ1v) is 8.58. The molecule has 1 unspecified atom stereocenters. The van der Waals surface area contributed by atoms with Gasteiger partial charge in [-0.1, -0.05) is 31.5 Å². The first kappa shape index (κ1) is 14.6. The molecule has 0 N–H and O–H groups in total. The third kappa shape index (κ3) is 3.01. The van der Waals surface area contributed by atoms with E-state index >= 15 is 0 Å². The molecule has 0 radical (unpaired) electrons. The van der Waals surface area contributed by atoms with Crippen LogP contribution in [-0.2, 0) is 5.88 Å². The Balaban J connectivity index is 2.02. The van der Waals surface area contributed by atoms with Crippen LogP contribution in [0.5, 0.6) is 0 Å². The van der Waals surface area contributed by atoms with Gasteiger partial charge in [0.2, 0.25) is 0 Å². The van der Waals surface area contributed by atoms with Crippen molar-refractivity contribution in [1.29, 1.82) is 0 Å². The molecule has 2 nitrogen and oxygen atoms in total. The number of alkyl halides is 1. The Morgan fingerprint density at radius 3 is 2.95 bits per heavy atom. The molecule has 2 aromatic rings. The summed E-state index contributed by atoms with van der Waals surface area (Å²) in [7, 11) is 0. The van der Waals surface area contributed by atoms with Crippen molar-refractivity contribution in [1.82, 2.24) is 4.98 Å². The molecule has 1 saturated heterocycles. The van der Waals surface area contributed by atoms with Gasteiger partial charge in [-0.3, -0.25) is 0 Å². The molecule has 1 aromatic carbocycles. The number of hydrogen-bond acceptors (Lipinski definition) is 2. The monoisotopic (exact) mass is 302 g/mol. The Hall–Kier alpha value is -1.28. The number of pyridine rings is 1. The molecule has 1 fully saturated rings. The largest absolute Gasteiger partial charge is 0.354 e. The summed E-state index contributed by atoms with van der Waals surface area (Å²) in [5.41, 5.74) is 2.25. The molecule has 1 aliphatic heterocycles. The maximum atomic E-state index is 6.17. The van der Waals surface area contributed by atoms with E-state index in [1.807, 2.05) is 0 Å². The molecule has 3 heteroatoms. The van der Waals surface area contributed by atoms with Crippen LogP contribution < -0.4 is 4.90 Å².